The molecule has 23 heavy (non-hydrogen) atoms. The van der Waals surface area contributed by atoms with Gasteiger partial charge in [-0.1, -0.05) is 0 Å². The summed E-state index contributed by atoms with van der Waals surface area (Å²) in [5.74, 6) is -2.74. The topological polar surface area (TPSA) is 56.7 Å². The van der Waals surface area contributed by atoms with Crippen molar-refractivity contribution in [3.8, 4) is 0 Å². The Bertz CT molecular complexity index is 560. The first-order valence-corrected chi connectivity index (χ1v) is 7.89. The zero-order valence-corrected chi connectivity index (χ0v) is 12.9. The quantitative estimate of drug-likeness (QED) is 0.912. The maximum absolute atomic E-state index is 13.2. The number of aromatic nitrogens is 1. The Balaban J connectivity index is 1.57. The summed E-state index contributed by atoms with van der Waals surface area (Å²) in [6, 6.07) is 3.39. The van der Waals surface area contributed by atoms with Crippen LogP contribution in [0.2, 0.25) is 0 Å². The molecule has 2 aliphatic rings. The highest BCUT2D eigenvalue weighted by Crippen LogP contribution is 2.30. The van der Waals surface area contributed by atoms with Crippen LogP contribution >= 0.6 is 0 Å². The Morgan fingerprint density at radius 3 is 2.65 bits per heavy atom. The number of nitrogens with zero attached hydrogens (tertiary/aromatic N) is 3. The third-order valence-corrected chi connectivity index (χ3v) is 4.63. The van der Waals surface area contributed by atoms with Crippen LogP contribution in [-0.4, -0.2) is 70.0 Å². The number of pyridine rings is 1. The minimum Gasteiger partial charge on any atom is -0.387 e. The smallest absolute Gasteiger partial charge is 0.255 e. The standard InChI is InChI=1S/C16H21F2N3O2/c17-16(18)4-7-20(8-5-16)11-15(23)3-9-21(12-15)14(22)13-2-1-6-19-10-13/h1-2,6,10,23H,3-5,7-9,11-12H2/t15-/m1/s1. The predicted molar refractivity (Wildman–Crippen MR) is 80.3 cm³/mol. The summed E-state index contributed by atoms with van der Waals surface area (Å²) >= 11 is 0. The summed E-state index contributed by atoms with van der Waals surface area (Å²) in [5.41, 5.74) is -0.529. The number of halogens is 2. The van der Waals surface area contributed by atoms with E-state index in [1.165, 1.54) is 6.20 Å². The molecule has 0 aliphatic carbocycles. The summed E-state index contributed by atoms with van der Waals surface area (Å²) in [7, 11) is 0. The fourth-order valence-corrected chi connectivity index (χ4v) is 3.29. The van der Waals surface area contributed by atoms with Crippen LogP contribution in [0.25, 0.3) is 0 Å². The van der Waals surface area contributed by atoms with Crippen molar-refractivity contribution in [1.29, 1.82) is 0 Å². The third kappa shape index (κ3) is 3.84. The number of carbonyl (C=O) groups is 1. The molecule has 3 rings (SSSR count). The fraction of sp³-hybridized carbons (Fsp3) is 0.625. The van der Waals surface area contributed by atoms with Gasteiger partial charge >= 0.3 is 0 Å². The van der Waals surface area contributed by atoms with Gasteiger partial charge in [-0.05, 0) is 18.6 Å². The molecule has 2 fully saturated rings. The number of hydrogen-bond donors (Lipinski definition) is 1. The molecule has 3 heterocycles. The molecule has 0 unspecified atom stereocenters. The molecule has 0 bridgehead atoms. The van der Waals surface area contributed by atoms with E-state index in [-0.39, 0.29) is 38.4 Å². The van der Waals surface area contributed by atoms with Gasteiger partial charge in [-0.25, -0.2) is 8.78 Å². The van der Waals surface area contributed by atoms with Gasteiger partial charge in [-0.15, -0.1) is 0 Å². The fourth-order valence-electron chi connectivity index (χ4n) is 3.29. The molecular formula is C16H21F2N3O2. The number of hydrogen-bond acceptors (Lipinski definition) is 4. The molecule has 126 valence electrons. The minimum atomic E-state index is -2.59. The first-order valence-electron chi connectivity index (χ1n) is 7.89. The van der Waals surface area contributed by atoms with Gasteiger partial charge < -0.3 is 10.0 Å². The van der Waals surface area contributed by atoms with Gasteiger partial charge in [-0.3, -0.25) is 14.7 Å². The first kappa shape index (κ1) is 16.3. The zero-order chi connectivity index (χ0) is 16.5. The Kier molecular flexibility index (Phi) is 4.33. The van der Waals surface area contributed by atoms with Crippen LogP contribution in [0, 0.1) is 0 Å². The number of piperidine rings is 1. The van der Waals surface area contributed by atoms with Gasteiger partial charge in [0.05, 0.1) is 17.7 Å². The van der Waals surface area contributed by atoms with E-state index in [1.54, 1.807) is 23.2 Å². The molecule has 1 aromatic heterocycles. The van der Waals surface area contributed by atoms with Gasteiger partial charge in [-0.2, -0.15) is 0 Å². The molecule has 0 aromatic carbocycles. The second-order valence-electron chi connectivity index (χ2n) is 6.57. The van der Waals surface area contributed by atoms with Crippen molar-refractivity contribution in [2.24, 2.45) is 0 Å². The maximum Gasteiger partial charge on any atom is 0.255 e. The lowest BCUT2D eigenvalue weighted by atomic mass is 10.00. The average Bonchev–Trinajstić information content (AvgIpc) is 2.92. The second kappa shape index (κ2) is 6.13. The van der Waals surface area contributed by atoms with Crippen LogP contribution in [-0.2, 0) is 0 Å². The lowest BCUT2D eigenvalue weighted by Crippen LogP contribution is -2.49. The highest BCUT2D eigenvalue weighted by atomic mass is 19.3. The minimum absolute atomic E-state index is 0.154. The van der Waals surface area contributed by atoms with E-state index in [0.29, 0.717) is 25.1 Å². The van der Waals surface area contributed by atoms with Crippen LogP contribution in [0.4, 0.5) is 8.78 Å². The molecule has 1 atom stereocenters. The number of aliphatic hydroxyl groups is 1. The SMILES string of the molecule is O=C(c1cccnc1)N1CC[C@@](O)(CN2CCC(F)(F)CC2)C1. The van der Waals surface area contributed by atoms with E-state index in [1.807, 2.05) is 4.90 Å². The maximum atomic E-state index is 13.2. The van der Waals surface area contributed by atoms with Crippen LogP contribution < -0.4 is 0 Å². The molecule has 1 amide bonds. The lowest BCUT2D eigenvalue weighted by molar-refractivity contribution is -0.0720. The Hall–Kier alpha value is -1.60. The van der Waals surface area contributed by atoms with Crippen molar-refractivity contribution in [1.82, 2.24) is 14.8 Å². The van der Waals surface area contributed by atoms with E-state index < -0.39 is 11.5 Å². The monoisotopic (exact) mass is 325 g/mol. The van der Waals surface area contributed by atoms with Gasteiger partial charge in [0, 0.05) is 51.4 Å². The Labute approximate surface area is 133 Å². The van der Waals surface area contributed by atoms with Crippen LogP contribution in [0.15, 0.2) is 24.5 Å². The Morgan fingerprint density at radius 1 is 1.26 bits per heavy atom. The van der Waals surface area contributed by atoms with Crippen molar-refractivity contribution in [3.63, 3.8) is 0 Å². The molecule has 0 radical (unpaired) electrons. The van der Waals surface area contributed by atoms with E-state index in [2.05, 4.69) is 4.98 Å². The molecule has 0 spiro atoms. The normalized spacial score (nSPS) is 28.0. The number of rotatable bonds is 3. The van der Waals surface area contributed by atoms with Crippen molar-refractivity contribution in [3.05, 3.63) is 30.1 Å². The van der Waals surface area contributed by atoms with Crippen LogP contribution in [0.1, 0.15) is 29.6 Å². The lowest BCUT2D eigenvalue weighted by Gasteiger charge is -2.36. The molecule has 7 heteroatoms. The number of likely N-dealkylation sites (tertiary alicyclic amines) is 2. The molecule has 0 saturated carbocycles. The van der Waals surface area contributed by atoms with Crippen molar-refractivity contribution < 1.29 is 18.7 Å². The van der Waals surface area contributed by atoms with Crippen LogP contribution in [0.3, 0.4) is 0 Å². The highest BCUT2D eigenvalue weighted by molar-refractivity contribution is 5.94. The largest absolute Gasteiger partial charge is 0.387 e. The number of alkyl halides is 2. The summed E-state index contributed by atoms with van der Waals surface area (Å²) in [4.78, 5) is 19.8. The number of amides is 1. The summed E-state index contributed by atoms with van der Waals surface area (Å²) in [6.07, 6.45) is 3.24. The van der Waals surface area contributed by atoms with Gasteiger partial charge in [0.15, 0.2) is 0 Å². The Morgan fingerprint density at radius 2 is 2.00 bits per heavy atom. The van der Waals surface area contributed by atoms with Crippen molar-refractivity contribution in [2.75, 3.05) is 32.7 Å². The average molecular weight is 325 g/mol. The molecule has 2 aliphatic heterocycles. The molecule has 5 nitrogen and oxygen atoms in total. The molecule has 1 N–H and O–H groups in total. The van der Waals surface area contributed by atoms with Crippen molar-refractivity contribution >= 4 is 5.91 Å². The van der Waals surface area contributed by atoms with Gasteiger partial charge in [0.1, 0.15) is 0 Å². The predicted octanol–water partition coefficient (Wildman–Crippen LogP) is 1.39. The number of carbonyl (C=O) groups excluding carboxylic acids is 1. The second-order valence-corrected chi connectivity index (χ2v) is 6.57. The van der Waals surface area contributed by atoms with Crippen LogP contribution in [0.5, 0.6) is 0 Å². The summed E-state index contributed by atoms with van der Waals surface area (Å²) in [5, 5.41) is 10.7. The summed E-state index contributed by atoms with van der Waals surface area (Å²) in [6.45, 7) is 1.60. The molecular weight excluding hydrogens is 304 g/mol. The van der Waals surface area contributed by atoms with E-state index >= 15 is 0 Å². The van der Waals surface area contributed by atoms with E-state index in [0.717, 1.165) is 0 Å². The van der Waals surface area contributed by atoms with Crippen molar-refractivity contribution in [2.45, 2.75) is 30.8 Å². The first-order chi connectivity index (χ1) is 10.9. The summed E-state index contributed by atoms with van der Waals surface area (Å²) < 4.78 is 26.4. The number of β-amino-alcohol motifs (C(OH)–C–C–N with tert-alkyl or cyclic N) is 1. The molecule has 1 aromatic rings. The van der Waals surface area contributed by atoms with Gasteiger partial charge in [0.2, 0.25) is 0 Å². The van der Waals surface area contributed by atoms with E-state index in [9.17, 15) is 18.7 Å². The highest BCUT2D eigenvalue weighted by Gasteiger charge is 2.42. The van der Waals surface area contributed by atoms with E-state index in [4.69, 9.17) is 0 Å². The van der Waals surface area contributed by atoms with Gasteiger partial charge in [0.25, 0.3) is 11.8 Å². The zero-order valence-electron chi connectivity index (χ0n) is 12.9. The third-order valence-electron chi connectivity index (χ3n) is 4.63. The molecule has 2 saturated heterocycles.